The van der Waals surface area contributed by atoms with Crippen LogP contribution >= 0.6 is 0 Å². The highest BCUT2D eigenvalue weighted by Gasteiger charge is 2.25. The van der Waals surface area contributed by atoms with Crippen molar-refractivity contribution in [2.75, 3.05) is 0 Å². The van der Waals surface area contributed by atoms with E-state index in [2.05, 4.69) is 0 Å². The largest absolute Gasteiger partial charge is 0.488 e. The Morgan fingerprint density at radius 3 is 2.72 bits per heavy atom. The van der Waals surface area contributed by atoms with E-state index in [1.54, 1.807) is 0 Å². The van der Waals surface area contributed by atoms with Crippen molar-refractivity contribution >= 4 is 5.69 Å². The Balaban J connectivity index is 2.10. The quantitative estimate of drug-likeness (QED) is 0.665. The summed E-state index contributed by atoms with van der Waals surface area (Å²) in [6.07, 6.45) is 2.36. The molecule has 1 saturated carbocycles. The van der Waals surface area contributed by atoms with Gasteiger partial charge >= 0.3 is 5.69 Å². The summed E-state index contributed by atoms with van der Waals surface area (Å²) in [7, 11) is 0. The van der Waals surface area contributed by atoms with Gasteiger partial charge in [0.05, 0.1) is 11.0 Å². The van der Waals surface area contributed by atoms with Gasteiger partial charge in [0.2, 0.25) is 5.82 Å². The van der Waals surface area contributed by atoms with Gasteiger partial charge in [-0.1, -0.05) is 6.42 Å². The first-order chi connectivity index (χ1) is 8.58. The van der Waals surface area contributed by atoms with Gasteiger partial charge in [-0.25, -0.2) is 0 Å². The summed E-state index contributed by atoms with van der Waals surface area (Å²) in [4.78, 5) is 9.68. The lowest BCUT2D eigenvalue weighted by atomic mass is 9.95. The molecule has 0 saturated heterocycles. The molecule has 0 bridgehead atoms. The molecule has 1 N–H and O–H groups in total. The van der Waals surface area contributed by atoms with Crippen LogP contribution in [0.3, 0.4) is 0 Å². The lowest BCUT2D eigenvalue weighted by Crippen LogP contribution is -2.34. The van der Waals surface area contributed by atoms with E-state index in [9.17, 15) is 19.6 Å². The highest BCUT2D eigenvalue weighted by atomic mass is 19.1. The predicted octanol–water partition coefficient (Wildman–Crippen LogP) is 2.42. The highest BCUT2D eigenvalue weighted by Crippen LogP contribution is 2.27. The number of aliphatic hydroxyl groups excluding tert-OH is 1. The Bertz CT molecular complexity index is 452. The molecule has 1 aliphatic carbocycles. The maximum absolute atomic E-state index is 13.4. The van der Waals surface area contributed by atoms with Crippen LogP contribution in [0.2, 0.25) is 0 Å². The normalized spacial score (nSPS) is 23.7. The standard InChI is InChI=1S/C12H14FNO4/c13-9-7-8(5-6-10(9)14(16)17)18-12-4-2-1-3-11(12)15/h5-7,11-12,15H,1-4H2/t11-,12-/m1/s1. The van der Waals surface area contributed by atoms with Crippen molar-refractivity contribution in [2.24, 2.45) is 0 Å². The van der Waals surface area contributed by atoms with E-state index in [1.807, 2.05) is 0 Å². The van der Waals surface area contributed by atoms with Crippen LogP contribution in [0.4, 0.5) is 10.1 Å². The zero-order chi connectivity index (χ0) is 13.1. The minimum absolute atomic E-state index is 0.212. The smallest absolute Gasteiger partial charge is 0.305 e. The molecular formula is C12H14FNO4. The minimum atomic E-state index is -0.928. The molecule has 0 aliphatic heterocycles. The van der Waals surface area contributed by atoms with Crippen molar-refractivity contribution in [2.45, 2.75) is 37.9 Å². The van der Waals surface area contributed by atoms with Gasteiger partial charge in [0.1, 0.15) is 11.9 Å². The fraction of sp³-hybridized carbons (Fsp3) is 0.500. The van der Waals surface area contributed by atoms with Crippen LogP contribution in [0.15, 0.2) is 18.2 Å². The van der Waals surface area contributed by atoms with Gasteiger partial charge in [0.25, 0.3) is 0 Å². The maximum Gasteiger partial charge on any atom is 0.305 e. The molecule has 0 spiro atoms. The van der Waals surface area contributed by atoms with Crippen molar-refractivity contribution in [3.05, 3.63) is 34.1 Å². The molecule has 2 rings (SSSR count). The number of halogens is 1. The SMILES string of the molecule is O=[N+]([O-])c1ccc(O[C@@H]2CCCC[C@H]2O)cc1F. The number of hydrogen-bond acceptors (Lipinski definition) is 4. The average Bonchev–Trinajstić information content (AvgIpc) is 2.32. The van der Waals surface area contributed by atoms with E-state index in [0.717, 1.165) is 25.0 Å². The fourth-order valence-electron chi connectivity index (χ4n) is 2.10. The topological polar surface area (TPSA) is 72.6 Å². The highest BCUT2D eigenvalue weighted by molar-refractivity contribution is 5.38. The molecule has 0 radical (unpaired) electrons. The molecule has 2 atom stereocenters. The van der Waals surface area contributed by atoms with Crippen LogP contribution in [0, 0.1) is 15.9 Å². The summed E-state index contributed by atoms with van der Waals surface area (Å²) >= 11 is 0. The molecule has 0 amide bonds. The first-order valence-corrected chi connectivity index (χ1v) is 5.86. The third-order valence-corrected chi connectivity index (χ3v) is 3.07. The van der Waals surface area contributed by atoms with E-state index in [1.165, 1.54) is 6.07 Å². The third-order valence-electron chi connectivity index (χ3n) is 3.07. The minimum Gasteiger partial charge on any atom is -0.488 e. The second-order valence-corrected chi connectivity index (χ2v) is 4.38. The van der Waals surface area contributed by atoms with Crippen LogP contribution in [0.25, 0.3) is 0 Å². The van der Waals surface area contributed by atoms with Crippen LogP contribution in [-0.4, -0.2) is 22.2 Å². The van der Waals surface area contributed by atoms with Crippen molar-refractivity contribution in [1.82, 2.24) is 0 Å². The molecule has 6 heteroatoms. The number of rotatable bonds is 3. The monoisotopic (exact) mass is 255 g/mol. The second-order valence-electron chi connectivity index (χ2n) is 4.38. The molecule has 1 aromatic rings. The number of ether oxygens (including phenoxy) is 1. The van der Waals surface area contributed by atoms with Gasteiger partial charge in [-0.05, 0) is 25.3 Å². The Labute approximate surface area is 103 Å². The first-order valence-electron chi connectivity index (χ1n) is 5.86. The number of nitro groups is 1. The van der Waals surface area contributed by atoms with Crippen LogP contribution < -0.4 is 4.74 Å². The van der Waals surface area contributed by atoms with E-state index in [4.69, 9.17) is 4.74 Å². The molecule has 18 heavy (non-hydrogen) atoms. The van der Waals surface area contributed by atoms with E-state index < -0.39 is 22.5 Å². The molecule has 1 aliphatic rings. The number of nitrogens with zero attached hydrogens (tertiary/aromatic N) is 1. The van der Waals surface area contributed by atoms with Crippen molar-refractivity contribution in [3.8, 4) is 5.75 Å². The van der Waals surface area contributed by atoms with Crippen LogP contribution in [0.1, 0.15) is 25.7 Å². The lowest BCUT2D eigenvalue weighted by Gasteiger charge is -2.28. The molecule has 0 heterocycles. The second kappa shape index (κ2) is 5.30. The van der Waals surface area contributed by atoms with Crippen molar-refractivity contribution in [1.29, 1.82) is 0 Å². The molecule has 98 valence electrons. The number of aliphatic hydroxyl groups is 1. The number of nitro benzene ring substituents is 1. The van der Waals surface area contributed by atoms with Crippen LogP contribution in [0.5, 0.6) is 5.75 Å². The first kappa shape index (κ1) is 12.8. The molecule has 1 aromatic carbocycles. The van der Waals surface area contributed by atoms with Gasteiger partial charge < -0.3 is 9.84 Å². The summed E-state index contributed by atoms with van der Waals surface area (Å²) in [5.41, 5.74) is -0.577. The Morgan fingerprint density at radius 2 is 2.11 bits per heavy atom. The summed E-state index contributed by atoms with van der Waals surface area (Å²) in [6, 6.07) is 3.40. The van der Waals surface area contributed by atoms with E-state index in [0.29, 0.717) is 12.8 Å². The molecule has 0 unspecified atom stereocenters. The average molecular weight is 255 g/mol. The summed E-state index contributed by atoms with van der Waals surface area (Å²) in [6.45, 7) is 0. The van der Waals surface area contributed by atoms with Gasteiger partial charge in [0.15, 0.2) is 0 Å². The Kier molecular flexibility index (Phi) is 3.76. The number of benzene rings is 1. The summed E-state index contributed by atoms with van der Waals surface area (Å²) in [5.74, 6) is -0.716. The van der Waals surface area contributed by atoms with E-state index >= 15 is 0 Å². The zero-order valence-electron chi connectivity index (χ0n) is 9.71. The maximum atomic E-state index is 13.4. The van der Waals surface area contributed by atoms with E-state index in [-0.39, 0.29) is 11.9 Å². The summed E-state index contributed by atoms with van der Waals surface area (Å²) in [5, 5.41) is 20.2. The Hall–Kier alpha value is -1.69. The van der Waals surface area contributed by atoms with Gasteiger partial charge in [-0.2, -0.15) is 4.39 Å². The van der Waals surface area contributed by atoms with Crippen molar-refractivity contribution < 1.29 is 19.2 Å². The van der Waals surface area contributed by atoms with Crippen LogP contribution in [-0.2, 0) is 0 Å². The zero-order valence-corrected chi connectivity index (χ0v) is 9.71. The van der Waals surface area contributed by atoms with Gasteiger partial charge in [-0.3, -0.25) is 10.1 Å². The van der Waals surface area contributed by atoms with Crippen molar-refractivity contribution in [3.63, 3.8) is 0 Å². The lowest BCUT2D eigenvalue weighted by molar-refractivity contribution is -0.387. The molecular weight excluding hydrogens is 241 g/mol. The molecule has 1 fully saturated rings. The fourth-order valence-corrected chi connectivity index (χ4v) is 2.10. The number of hydrogen-bond donors (Lipinski definition) is 1. The predicted molar refractivity (Wildman–Crippen MR) is 61.9 cm³/mol. The van der Waals surface area contributed by atoms with Gasteiger partial charge in [0, 0.05) is 12.1 Å². The third kappa shape index (κ3) is 2.76. The molecule has 5 nitrogen and oxygen atoms in total. The summed E-state index contributed by atoms with van der Waals surface area (Å²) < 4.78 is 18.8. The Morgan fingerprint density at radius 1 is 1.39 bits per heavy atom. The van der Waals surface area contributed by atoms with Gasteiger partial charge in [-0.15, -0.1) is 0 Å². The molecule has 0 aromatic heterocycles.